The maximum absolute atomic E-state index is 11.2. The number of rotatable bonds is 4. The van der Waals surface area contributed by atoms with Gasteiger partial charge in [0.15, 0.2) is 11.0 Å². The van der Waals surface area contributed by atoms with Crippen molar-refractivity contribution in [3.05, 3.63) is 56.1 Å². The van der Waals surface area contributed by atoms with E-state index >= 15 is 0 Å². The number of oxime groups is 1. The summed E-state index contributed by atoms with van der Waals surface area (Å²) in [6.45, 7) is 0. The van der Waals surface area contributed by atoms with Gasteiger partial charge in [0.25, 0.3) is 0 Å². The van der Waals surface area contributed by atoms with Crippen molar-refractivity contribution in [1.82, 2.24) is 14.8 Å². The fourth-order valence-electron chi connectivity index (χ4n) is 1.57. The van der Waals surface area contributed by atoms with Crippen LogP contribution in [0.25, 0.3) is 0 Å². The van der Waals surface area contributed by atoms with E-state index in [-0.39, 0.29) is 5.84 Å². The minimum absolute atomic E-state index is 0.0406. The Hall–Kier alpha value is -2.55. The fraction of sp³-hybridized carbons (Fsp3) is 0.167. The summed E-state index contributed by atoms with van der Waals surface area (Å²) >= 11 is 1.31. The van der Waals surface area contributed by atoms with Crippen molar-refractivity contribution in [1.29, 1.82) is 0 Å². The Labute approximate surface area is 123 Å². The highest BCUT2D eigenvalue weighted by atomic mass is 32.2. The van der Waals surface area contributed by atoms with Crippen LogP contribution in [0.3, 0.4) is 0 Å². The van der Waals surface area contributed by atoms with Crippen molar-refractivity contribution in [3.63, 3.8) is 0 Å². The molecule has 0 aliphatic rings. The highest BCUT2D eigenvalue weighted by Crippen LogP contribution is 2.18. The number of aromatic amines is 1. The Bertz CT molecular complexity index is 779. The molecule has 0 aliphatic carbocycles. The van der Waals surface area contributed by atoms with Crippen LogP contribution in [-0.2, 0) is 12.8 Å². The molecule has 0 amide bonds. The van der Waals surface area contributed by atoms with Gasteiger partial charge in [-0.1, -0.05) is 41.2 Å². The van der Waals surface area contributed by atoms with Gasteiger partial charge in [0.2, 0.25) is 0 Å². The molecule has 21 heavy (non-hydrogen) atoms. The molecule has 8 nitrogen and oxygen atoms in total. The fourth-order valence-corrected chi connectivity index (χ4v) is 2.44. The summed E-state index contributed by atoms with van der Waals surface area (Å²) in [5, 5.41) is 14.3. The van der Waals surface area contributed by atoms with Crippen molar-refractivity contribution in [3.8, 4) is 0 Å². The summed E-state index contributed by atoms with van der Waals surface area (Å²) in [7, 11) is 1.61. The topological polar surface area (TPSA) is 126 Å². The van der Waals surface area contributed by atoms with Crippen LogP contribution in [0.15, 0.2) is 44.2 Å². The number of nitrogens with two attached hydrogens (primary N) is 1. The predicted octanol–water partition coefficient (Wildman–Crippen LogP) is -0.145. The number of hydrogen-bond acceptors (Lipinski definition) is 6. The molecule has 0 atom stereocenters. The van der Waals surface area contributed by atoms with Gasteiger partial charge in [-0.15, -0.1) is 0 Å². The van der Waals surface area contributed by atoms with Gasteiger partial charge in [0.1, 0.15) is 0 Å². The van der Waals surface area contributed by atoms with Gasteiger partial charge in [0.05, 0.1) is 0 Å². The molecular weight excluding hydrogens is 294 g/mol. The second-order valence-corrected chi connectivity index (χ2v) is 5.11. The first-order chi connectivity index (χ1) is 10.0. The van der Waals surface area contributed by atoms with Crippen LogP contribution >= 0.6 is 11.8 Å². The number of aryl methyl sites for hydroxylation is 1. The lowest BCUT2D eigenvalue weighted by Gasteiger charge is -2.06. The Morgan fingerprint density at radius 3 is 2.71 bits per heavy atom. The minimum atomic E-state index is -0.808. The van der Waals surface area contributed by atoms with Crippen LogP contribution < -0.4 is 16.9 Å². The molecule has 1 heterocycles. The molecule has 0 unspecified atom stereocenters. The lowest BCUT2D eigenvalue weighted by molar-refractivity contribution is 0.318. The van der Waals surface area contributed by atoms with E-state index in [2.05, 4.69) is 15.2 Å². The summed E-state index contributed by atoms with van der Waals surface area (Å²) in [5.74, 6) is 0.599. The zero-order chi connectivity index (χ0) is 15.4. The van der Waals surface area contributed by atoms with E-state index in [0.717, 1.165) is 5.56 Å². The molecule has 9 heteroatoms. The van der Waals surface area contributed by atoms with E-state index < -0.39 is 11.1 Å². The maximum Gasteiger partial charge on any atom is 0.339 e. The number of amidine groups is 1. The summed E-state index contributed by atoms with van der Waals surface area (Å²) in [6.07, 6.45) is 0. The van der Waals surface area contributed by atoms with Gasteiger partial charge in [0, 0.05) is 18.4 Å². The van der Waals surface area contributed by atoms with Gasteiger partial charge in [-0.05, 0) is 5.56 Å². The molecule has 0 radical (unpaired) electrons. The van der Waals surface area contributed by atoms with E-state index in [1.807, 2.05) is 12.1 Å². The SMILES string of the molecule is Cn1[nH]c(=O)c(=O)nc1SCc1ccc(/C(N)=N/O)cc1. The average molecular weight is 307 g/mol. The number of nitrogens with zero attached hydrogens (tertiary/aromatic N) is 3. The van der Waals surface area contributed by atoms with Crippen LogP contribution in [0, 0.1) is 0 Å². The average Bonchev–Trinajstić information content (AvgIpc) is 2.49. The quantitative estimate of drug-likeness (QED) is 0.180. The van der Waals surface area contributed by atoms with E-state index in [0.29, 0.717) is 16.5 Å². The van der Waals surface area contributed by atoms with Crippen molar-refractivity contribution in [2.45, 2.75) is 10.9 Å². The highest BCUT2D eigenvalue weighted by molar-refractivity contribution is 7.98. The molecule has 1 aromatic carbocycles. The normalized spacial score (nSPS) is 11.6. The molecule has 1 aromatic heterocycles. The van der Waals surface area contributed by atoms with E-state index in [9.17, 15) is 9.59 Å². The van der Waals surface area contributed by atoms with Crippen molar-refractivity contribution < 1.29 is 5.21 Å². The number of aromatic nitrogens is 3. The molecule has 0 bridgehead atoms. The molecule has 2 rings (SSSR count). The summed E-state index contributed by atoms with van der Waals surface area (Å²) in [6, 6.07) is 7.10. The molecule has 110 valence electrons. The van der Waals surface area contributed by atoms with E-state index in [1.54, 1.807) is 19.2 Å². The van der Waals surface area contributed by atoms with Gasteiger partial charge in [-0.3, -0.25) is 19.4 Å². The maximum atomic E-state index is 11.2. The molecule has 0 saturated carbocycles. The first-order valence-corrected chi connectivity index (χ1v) is 6.87. The summed E-state index contributed by atoms with van der Waals surface area (Å²) in [4.78, 5) is 26.0. The van der Waals surface area contributed by atoms with Crippen molar-refractivity contribution >= 4 is 17.6 Å². The number of H-pyrrole nitrogens is 1. The second-order valence-electron chi connectivity index (χ2n) is 4.17. The third-order valence-electron chi connectivity index (χ3n) is 2.67. The van der Waals surface area contributed by atoms with Gasteiger partial charge in [-0.25, -0.2) is 0 Å². The Morgan fingerprint density at radius 2 is 2.10 bits per heavy atom. The van der Waals surface area contributed by atoms with Gasteiger partial charge in [-0.2, -0.15) is 4.98 Å². The lowest BCUT2D eigenvalue weighted by Crippen LogP contribution is -2.33. The number of hydrogen-bond donors (Lipinski definition) is 3. The molecule has 0 fully saturated rings. The second kappa shape index (κ2) is 6.27. The summed E-state index contributed by atoms with van der Waals surface area (Å²) < 4.78 is 1.40. The highest BCUT2D eigenvalue weighted by Gasteiger charge is 2.05. The zero-order valence-corrected chi connectivity index (χ0v) is 11.9. The largest absolute Gasteiger partial charge is 0.409 e. The van der Waals surface area contributed by atoms with Crippen LogP contribution in [0.1, 0.15) is 11.1 Å². The lowest BCUT2D eigenvalue weighted by atomic mass is 10.1. The molecule has 0 spiro atoms. The first kappa shape index (κ1) is 14.9. The number of thioether (sulfide) groups is 1. The first-order valence-electron chi connectivity index (χ1n) is 5.88. The van der Waals surface area contributed by atoms with E-state index in [4.69, 9.17) is 10.9 Å². The molecule has 0 aliphatic heterocycles. The monoisotopic (exact) mass is 307 g/mol. The predicted molar refractivity (Wildman–Crippen MR) is 78.6 cm³/mol. The van der Waals surface area contributed by atoms with Crippen molar-refractivity contribution in [2.75, 3.05) is 0 Å². The van der Waals surface area contributed by atoms with Crippen LogP contribution in [0.2, 0.25) is 0 Å². The zero-order valence-electron chi connectivity index (χ0n) is 11.1. The summed E-state index contributed by atoms with van der Waals surface area (Å²) in [5.41, 5.74) is 5.50. The third-order valence-corrected chi connectivity index (χ3v) is 3.77. The number of benzene rings is 1. The molecule has 4 N–H and O–H groups in total. The van der Waals surface area contributed by atoms with Gasteiger partial charge >= 0.3 is 11.1 Å². The smallest absolute Gasteiger partial charge is 0.339 e. The number of nitrogens with one attached hydrogen (secondary N) is 1. The Kier molecular flexibility index (Phi) is 4.43. The minimum Gasteiger partial charge on any atom is -0.409 e. The Balaban J connectivity index is 2.12. The molecule has 2 aromatic rings. The van der Waals surface area contributed by atoms with Crippen LogP contribution in [0.5, 0.6) is 0 Å². The van der Waals surface area contributed by atoms with Crippen LogP contribution in [-0.4, -0.2) is 25.8 Å². The van der Waals surface area contributed by atoms with Crippen LogP contribution in [0.4, 0.5) is 0 Å². The molecule has 0 saturated heterocycles. The molecular formula is C12H13N5O3S. The third kappa shape index (κ3) is 3.51. The van der Waals surface area contributed by atoms with Gasteiger partial charge < -0.3 is 10.9 Å². The standard InChI is InChI=1S/C12H13N5O3S/c1-17-12(14-10(18)11(19)15-17)21-6-7-2-4-8(5-3-7)9(13)16-20/h2-5,20H,6H2,1H3,(H2,13,16)(H,15,19). The van der Waals surface area contributed by atoms with Crippen molar-refractivity contribution in [2.24, 2.45) is 17.9 Å². The Morgan fingerprint density at radius 1 is 1.43 bits per heavy atom. The van der Waals surface area contributed by atoms with E-state index in [1.165, 1.54) is 16.4 Å².